The highest BCUT2D eigenvalue weighted by Crippen LogP contribution is 2.27. The second-order valence-corrected chi connectivity index (χ2v) is 6.40. The van der Waals surface area contributed by atoms with Gasteiger partial charge < -0.3 is 9.84 Å². The van der Waals surface area contributed by atoms with Crippen molar-refractivity contribution in [3.63, 3.8) is 0 Å². The van der Waals surface area contributed by atoms with Crippen molar-refractivity contribution in [3.8, 4) is 5.75 Å². The second-order valence-electron chi connectivity index (χ2n) is 6.40. The summed E-state index contributed by atoms with van der Waals surface area (Å²) in [6.45, 7) is 1.44. The average molecular weight is 311 g/mol. The highest BCUT2D eigenvalue weighted by molar-refractivity contribution is 5.24. The number of halogens is 2. The summed E-state index contributed by atoms with van der Waals surface area (Å²) < 4.78 is 32.0. The third kappa shape index (κ3) is 3.76. The van der Waals surface area contributed by atoms with Crippen molar-refractivity contribution in [3.05, 3.63) is 29.8 Å². The molecule has 1 aromatic rings. The van der Waals surface area contributed by atoms with Crippen LogP contribution in [0.4, 0.5) is 8.78 Å². The van der Waals surface area contributed by atoms with Crippen LogP contribution in [-0.2, 0) is 0 Å². The number of hydrogen-bond donors (Lipinski definition) is 1. The Morgan fingerprint density at radius 3 is 2.32 bits per heavy atom. The van der Waals surface area contributed by atoms with Crippen LogP contribution in [0.15, 0.2) is 18.2 Å². The summed E-state index contributed by atoms with van der Waals surface area (Å²) in [6.07, 6.45) is 5.89. The first-order valence-electron chi connectivity index (χ1n) is 8.17. The lowest BCUT2D eigenvalue weighted by Gasteiger charge is -2.41. The molecule has 3 rings (SSSR count). The standard InChI is InChI=1S/C17H23F2NO2/c18-12-8-13(19)10-15(9-12)22-17-6-7-20(11-16(17)21)14-4-2-1-3-5-14/h8-10,14,16-17,21H,1-7,11H2/t16-,17-/m1/s1. The average Bonchev–Trinajstić information content (AvgIpc) is 2.49. The smallest absolute Gasteiger partial charge is 0.129 e. The van der Waals surface area contributed by atoms with Gasteiger partial charge in [-0.3, -0.25) is 4.90 Å². The lowest BCUT2D eigenvalue weighted by Crippen LogP contribution is -2.52. The number of likely N-dealkylation sites (tertiary alicyclic amines) is 1. The van der Waals surface area contributed by atoms with Crippen molar-refractivity contribution in [2.45, 2.75) is 56.8 Å². The van der Waals surface area contributed by atoms with Gasteiger partial charge in [-0.25, -0.2) is 8.78 Å². The van der Waals surface area contributed by atoms with Crippen LogP contribution in [0, 0.1) is 11.6 Å². The van der Waals surface area contributed by atoms with Crippen molar-refractivity contribution >= 4 is 0 Å². The summed E-state index contributed by atoms with van der Waals surface area (Å²) in [4.78, 5) is 2.34. The van der Waals surface area contributed by atoms with Crippen molar-refractivity contribution in [2.75, 3.05) is 13.1 Å². The van der Waals surface area contributed by atoms with E-state index in [1.54, 1.807) is 0 Å². The molecule has 1 heterocycles. The van der Waals surface area contributed by atoms with Gasteiger partial charge in [-0.05, 0) is 19.3 Å². The summed E-state index contributed by atoms with van der Waals surface area (Å²) in [5, 5.41) is 10.3. The van der Waals surface area contributed by atoms with Crippen LogP contribution >= 0.6 is 0 Å². The fourth-order valence-corrected chi connectivity index (χ4v) is 3.62. The molecule has 2 fully saturated rings. The van der Waals surface area contributed by atoms with Crippen LogP contribution in [0.5, 0.6) is 5.75 Å². The number of benzene rings is 1. The highest BCUT2D eigenvalue weighted by atomic mass is 19.1. The van der Waals surface area contributed by atoms with Gasteiger partial charge in [0, 0.05) is 37.3 Å². The number of nitrogens with zero attached hydrogens (tertiary/aromatic N) is 1. The van der Waals surface area contributed by atoms with E-state index in [9.17, 15) is 13.9 Å². The lowest BCUT2D eigenvalue weighted by molar-refractivity contribution is -0.0416. The van der Waals surface area contributed by atoms with E-state index in [4.69, 9.17) is 4.74 Å². The Bertz CT molecular complexity index is 485. The van der Waals surface area contributed by atoms with Crippen molar-refractivity contribution in [1.29, 1.82) is 0 Å². The summed E-state index contributed by atoms with van der Waals surface area (Å²) in [5.41, 5.74) is 0. The number of aliphatic hydroxyl groups is 1. The summed E-state index contributed by atoms with van der Waals surface area (Å²) in [7, 11) is 0. The van der Waals surface area contributed by atoms with Crippen LogP contribution in [0.25, 0.3) is 0 Å². The zero-order valence-electron chi connectivity index (χ0n) is 12.7. The minimum atomic E-state index is -0.663. The second kappa shape index (κ2) is 6.92. The van der Waals surface area contributed by atoms with Gasteiger partial charge in [0.15, 0.2) is 0 Å². The van der Waals surface area contributed by atoms with Crippen LogP contribution in [0.3, 0.4) is 0 Å². The Morgan fingerprint density at radius 1 is 1.00 bits per heavy atom. The molecule has 2 aliphatic rings. The number of rotatable bonds is 3. The largest absolute Gasteiger partial charge is 0.487 e. The predicted octanol–water partition coefficient (Wildman–Crippen LogP) is 3.11. The van der Waals surface area contributed by atoms with Gasteiger partial charge in [0.25, 0.3) is 0 Å². The molecule has 1 aliphatic heterocycles. The number of ether oxygens (including phenoxy) is 1. The Kier molecular flexibility index (Phi) is 4.93. The molecule has 2 atom stereocenters. The van der Waals surface area contributed by atoms with Gasteiger partial charge in [0.05, 0.1) is 0 Å². The van der Waals surface area contributed by atoms with Crippen LogP contribution in [-0.4, -0.2) is 41.3 Å². The minimum absolute atomic E-state index is 0.146. The van der Waals surface area contributed by atoms with E-state index in [1.165, 1.54) is 32.1 Å². The van der Waals surface area contributed by atoms with Crippen LogP contribution in [0.1, 0.15) is 38.5 Å². The molecule has 0 spiro atoms. The zero-order valence-corrected chi connectivity index (χ0v) is 12.7. The molecule has 22 heavy (non-hydrogen) atoms. The molecular weight excluding hydrogens is 288 g/mol. The number of aliphatic hydroxyl groups excluding tert-OH is 1. The molecule has 5 heteroatoms. The van der Waals surface area contributed by atoms with Crippen LogP contribution < -0.4 is 4.74 Å². The molecule has 0 aromatic heterocycles. The summed E-state index contributed by atoms with van der Waals surface area (Å²) >= 11 is 0. The molecule has 0 radical (unpaired) electrons. The van der Waals surface area contributed by atoms with E-state index >= 15 is 0 Å². The van der Waals surface area contributed by atoms with Crippen molar-refractivity contribution < 1.29 is 18.6 Å². The zero-order chi connectivity index (χ0) is 15.5. The maximum absolute atomic E-state index is 13.2. The molecule has 1 N–H and O–H groups in total. The third-order valence-corrected chi connectivity index (χ3v) is 4.77. The van der Waals surface area contributed by atoms with E-state index < -0.39 is 23.8 Å². The Morgan fingerprint density at radius 2 is 1.68 bits per heavy atom. The molecule has 0 amide bonds. The van der Waals surface area contributed by atoms with Crippen molar-refractivity contribution in [1.82, 2.24) is 4.90 Å². The molecule has 1 aromatic carbocycles. The summed E-state index contributed by atoms with van der Waals surface area (Å²) in [5.74, 6) is -1.18. The van der Waals surface area contributed by atoms with Gasteiger partial charge in [-0.15, -0.1) is 0 Å². The monoisotopic (exact) mass is 311 g/mol. The molecule has 122 valence electrons. The first-order valence-corrected chi connectivity index (χ1v) is 8.17. The maximum atomic E-state index is 13.2. The molecule has 0 bridgehead atoms. The first kappa shape index (κ1) is 15.7. The summed E-state index contributed by atoms with van der Waals surface area (Å²) in [6, 6.07) is 3.69. The Balaban J connectivity index is 1.58. The molecule has 1 aliphatic carbocycles. The van der Waals surface area contributed by atoms with Crippen LogP contribution in [0.2, 0.25) is 0 Å². The molecular formula is C17H23F2NO2. The Labute approximate surface area is 129 Å². The quantitative estimate of drug-likeness (QED) is 0.931. The topological polar surface area (TPSA) is 32.7 Å². The SMILES string of the molecule is O[C@@H]1CN(C2CCCCC2)CC[C@H]1Oc1cc(F)cc(F)c1. The first-order chi connectivity index (χ1) is 10.6. The third-order valence-electron chi connectivity index (χ3n) is 4.77. The highest BCUT2D eigenvalue weighted by Gasteiger charge is 2.33. The maximum Gasteiger partial charge on any atom is 0.129 e. The molecule has 1 saturated heterocycles. The number of β-amino-alcohol motifs (C(OH)–C–C–N with tert-alkyl or cyclic N) is 1. The lowest BCUT2D eigenvalue weighted by atomic mass is 9.92. The molecule has 0 unspecified atom stereocenters. The van der Waals surface area contributed by atoms with Gasteiger partial charge in [0.1, 0.15) is 29.6 Å². The van der Waals surface area contributed by atoms with Gasteiger partial charge in [-0.2, -0.15) is 0 Å². The molecule has 3 nitrogen and oxygen atoms in total. The van der Waals surface area contributed by atoms with Gasteiger partial charge >= 0.3 is 0 Å². The van der Waals surface area contributed by atoms with E-state index in [2.05, 4.69) is 4.90 Å². The van der Waals surface area contributed by atoms with Gasteiger partial charge in [-0.1, -0.05) is 19.3 Å². The Hall–Kier alpha value is -1.20. The van der Waals surface area contributed by atoms with E-state index in [1.807, 2.05) is 0 Å². The minimum Gasteiger partial charge on any atom is -0.487 e. The van der Waals surface area contributed by atoms with E-state index in [0.29, 0.717) is 19.0 Å². The molecule has 1 saturated carbocycles. The number of hydrogen-bond acceptors (Lipinski definition) is 3. The van der Waals surface area contributed by atoms with Gasteiger partial charge in [0.2, 0.25) is 0 Å². The normalized spacial score (nSPS) is 27.8. The van der Waals surface area contributed by atoms with E-state index in [0.717, 1.165) is 24.7 Å². The predicted molar refractivity (Wildman–Crippen MR) is 79.8 cm³/mol. The van der Waals surface area contributed by atoms with E-state index in [-0.39, 0.29) is 5.75 Å². The fourth-order valence-electron chi connectivity index (χ4n) is 3.62. The fraction of sp³-hybridized carbons (Fsp3) is 0.647. The number of piperidine rings is 1. The van der Waals surface area contributed by atoms with Crippen molar-refractivity contribution in [2.24, 2.45) is 0 Å².